The Hall–Kier alpha value is -0.530. The van der Waals surface area contributed by atoms with Gasteiger partial charge in [-0.1, -0.05) is 19.3 Å². The minimum atomic E-state index is -0.579. The summed E-state index contributed by atoms with van der Waals surface area (Å²) in [4.78, 5) is 11.0. The van der Waals surface area contributed by atoms with E-state index in [-0.39, 0.29) is 10.8 Å². The standard InChI is InChI=1S/C10H16O2/c1-9(8(11)12)7-10(9)5-3-2-4-6-10/h2-7H2,1H3,(H,11,12)/t9-/m1/s1. The smallest absolute Gasteiger partial charge is 0.309 e. The number of hydrogen-bond donors (Lipinski definition) is 1. The van der Waals surface area contributed by atoms with E-state index in [0.717, 1.165) is 19.3 Å². The van der Waals surface area contributed by atoms with Crippen molar-refractivity contribution in [1.82, 2.24) is 0 Å². The fourth-order valence-corrected chi connectivity index (χ4v) is 2.89. The quantitative estimate of drug-likeness (QED) is 0.653. The summed E-state index contributed by atoms with van der Waals surface area (Å²) in [5.41, 5.74) is -0.162. The van der Waals surface area contributed by atoms with Crippen LogP contribution in [-0.4, -0.2) is 11.1 Å². The lowest BCUT2D eigenvalue weighted by Crippen LogP contribution is -2.22. The molecule has 2 saturated carbocycles. The molecule has 2 fully saturated rings. The number of rotatable bonds is 1. The molecule has 0 unspecified atom stereocenters. The lowest BCUT2D eigenvalue weighted by molar-refractivity contribution is -0.144. The SMILES string of the molecule is C[C@]1(C(=O)O)CC12CCCCC2. The minimum Gasteiger partial charge on any atom is -0.481 e. The lowest BCUT2D eigenvalue weighted by atomic mass is 9.80. The van der Waals surface area contributed by atoms with Crippen molar-refractivity contribution in [2.45, 2.75) is 45.4 Å². The molecule has 0 aromatic carbocycles. The molecule has 1 N–H and O–H groups in total. The summed E-state index contributed by atoms with van der Waals surface area (Å²) in [5.74, 6) is -0.579. The Morgan fingerprint density at radius 3 is 2.25 bits per heavy atom. The van der Waals surface area contributed by atoms with Gasteiger partial charge in [-0.3, -0.25) is 4.79 Å². The predicted octanol–water partition coefficient (Wildman–Crippen LogP) is 2.43. The molecule has 0 aromatic heterocycles. The highest BCUT2D eigenvalue weighted by Gasteiger charge is 2.68. The Kier molecular flexibility index (Phi) is 1.51. The van der Waals surface area contributed by atoms with Crippen molar-refractivity contribution >= 4 is 5.97 Å². The maximum absolute atomic E-state index is 11.0. The van der Waals surface area contributed by atoms with E-state index in [1.54, 1.807) is 0 Å². The van der Waals surface area contributed by atoms with Crippen molar-refractivity contribution in [3.05, 3.63) is 0 Å². The summed E-state index contributed by atoms with van der Waals surface area (Å²) in [5, 5.41) is 9.03. The van der Waals surface area contributed by atoms with Gasteiger partial charge < -0.3 is 5.11 Å². The molecule has 2 aliphatic carbocycles. The van der Waals surface area contributed by atoms with Crippen LogP contribution in [0, 0.1) is 10.8 Å². The lowest BCUT2D eigenvalue weighted by Gasteiger charge is -2.24. The zero-order chi connectivity index (χ0) is 8.82. The molecule has 1 atom stereocenters. The van der Waals surface area contributed by atoms with Crippen LogP contribution >= 0.6 is 0 Å². The van der Waals surface area contributed by atoms with E-state index in [1.165, 1.54) is 19.3 Å². The van der Waals surface area contributed by atoms with Crippen LogP contribution in [0.2, 0.25) is 0 Å². The van der Waals surface area contributed by atoms with Gasteiger partial charge in [0.2, 0.25) is 0 Å². The Morgan fingerprint density at radius 2 is 1.83 bits per heavy atom. The van der Waals surface area contributed by atoms with Gasteiger partial charge >= 0.3 is 5.97 Å². The van der Waals surface area contributed by atoms with Crippen molar-refractivity contribution in [2.75, 3.05) is 0 Å². The normalized spacial score (nSPS) is 38.1. The summed E-state index contributed by atoms with van der Waals surface area (Å²) < 4.78 is 0. The van der Waals surface area contributed by atoms with Gasteiger partial charge in [0.1, 0.15) is 0 Å². The number of aliphatic carboxylic acids is 1. The van der Waals surface area contributed by atoms with Crippen LogP contribution in [0.3, 0.4) is 0 Å². The van der Waals surface area contributed by atoms with Crippen LogP contribution in [-0.2, 0) is 4.79 Å². The Morgan fingerprint density at radius 1 is 1.25 bits per heavy atom. The summed E-state index contributed by atoms with van der Waals surface area (Å²) in [6.45, 7) is 1.92. The van der Waals surface area contributed by atoms with Gasteiger partial charge in [0.15, 0.2) is 0 Å². The van der Waals surface area contributed by atoms with Crippen LogP contribution in [0.25, 0.3) is 0 Å². The number of hydrogen-bond acceptors (Lipinski definition) is 1. The Bertz CT molecular complexity index is 216. The summed E-state index contributed by atoms with van der Waals surface area (Å²) in [6, 6.07) is 0. The first-order valence-electron chi connectivity index (χ1n) is 4.84. The van der Waals surface area contributed by atoms with Crippen LogP contribution < -0.4 is 0 Å². The third kappa shape index (κ3) is 0.838. The van der Waals surface area contributed by atoms with Gasteiger partial charge in [0.25, 0.3) is 0 Å². The second-order valence-electron chi connectivity index (χ2n) is 4.66. The zero-order valence-corrected chi connectivity index (χ0v) is 7.60. The van der Waals surface area contributed by atoms with Crippen molar-refractivity contribution < 1.29 is 9.90 Å². The molecule has 0 saturated heterocycles. The fraction of sp³-hybridized carbons (Fsp3) is 0.900. The highest BCUT2D eigenvalue weighted by atomic mass is 16.4. The van der Waals surface area contributed by atoms with Crippen molar-refractivity contribution in [2.24, 2.45) is 10.8 Å². The average Bonchev–Trinajstić information content (AvgIpc) is 2.59. The summed E-state index contributed by atoms with van der Waals surface area (Å²) >= 11 is 0. The van der Waals surface area contributed by atoms with Crippen LogP contribution in [0.15, 0.2) is 0 Å². The highest BCUT2D eigenvalue weighted by Crippen LogP contribution is 2.70. The van der Waals surface area contributed by atoms with E-state index >= 15 is 0 Å². The first-order chi connectivity index (χ1) is 5.61. The van der Waals surface area contributed by atoms with E-state index in [1.807, 2.05) is 6.92 Å². The van der Waals surface area contributed by atoms with E-state index in [2.05, 4.69) is 0 Å². The highest BCUT2D eigenvalue weighted by molar-refractivity contribution is 5.79. The molecule has 2 rings (SSSR count). The van der Waals surface area contributed by atoms with Gasteiger partial charge in [-0.2, -0.15) is 0 Å². The van der Waals surface area contributed by atoms with E-state index < -0.39 is 5.97 Å². The van der Waals surface area contributed by atoms with Gasteiger partial charge in [-0.25, -0.2) is 0 Å². The van der Waals surface area contributed by atoms with Crippen molar-refractivity contribution in [3.63, 3.8) is 0 Å². The molecule has 0 amide bonds. The predicted molar refractivity (Wildman–Crippen MR) is 45.9 cm³/mol. The summed E-state index contributed by atoms with van der Waals surface area (Å²) in [7, 11) is 0. The van der Waals surface area contributed by atoms with Gasteiger partial charge in [-0.05, 0) is 31.6 Å². The molecule has 2 nitrogen and oxygen atoms in total. The van der Waals surface area contributed by atoms with Gasteiger partial charge in [-0.15, -0.1) is 0 Å². The van der Waals surface area contributed by atoms with Crippen LogP contribution in [0.1, 0.15) is 45.4 Å². The van der Waals surface area contributed by atoms with Gasteiger partial charge in [0.05, 0.1) is 5.41 Å². The van der Waals surface area contributed by atoms with Crippen LogP contribution in [0.5, 0.6) is 0 Å². The van der Waals surface area contributed by atoms with Crippen molar-refractivity contribution in [1.29, 1.82) is 0 Å². The first kappa shape index (κ1) is 8.09. The average molecular weight is 168 g/mol. The van der Waals surface area contributed by atoms with E-state index in [4.69, 9.17) is 5.11 Å². The largest absolute Gasteiger partial charge is 0.481 e. The number of carbonyl (C=O) groups is 1. The third-order valence-corrected chi connectivity index (χ3v) is 4.02. The fourth-order valence-electron chi connectivity index (χ4n) is 2.89. The zero-order valence-electron chi connectivity index (χ0n) is 7.60. The second kappa shape index (κ2) is 2.24. The molecule has 0 aliphatic heterocycles. The Balaban J connectivity index is 2.12. The molecule has 0 heterocycles. The molecular weight excluding hydrogens is 152 g/mol. The first-order valence-corrected chi connectivity index (χ1v) is 4.84. The Labute approximate surface area is 73.0 Å². The monoisotopic (exact) mass is 168 g/mol. The van der Waals surface area contributed by atoms with Gasteiger partial charge in [0, 0.05) is 0 Å². The summed E-state index contributed by atoms with van der Waals surface area (Å²) in [6.07, 6.45) is 7.00. The van der Waals surface area contributed by atoms with Crippen LogP contribution in [0.4, 0.5) is 0 Å². The molecule has 0 aromatic rings. The molecule has 2 aliphatic rings. The second-order valence-corrected chi connectivity index (χ2v) is 4.66. The topological polar surface area (TPSA) is 37.3 Å². The molecule has 2 heteroatoms. The maximum Gasteiger partial charge on any atom is 0.309 e. The minimum absolute atomic E-state index is 0.205. The van der Waals surface area contributed by atoms with E-state index in [0.29, 0.717) is 0 Å². The molecule has 68 valence electrons. The molecule has 1 spiro atoms. The molecule has 12 heavy (non-hydrogen) atoms. The number of carboxylic acids is 1. The van der Waals surface area contributed by atoms with E-state index in [9.17, 15) is 4.79 Å². The number of carboxylic acid groups (broad SMARTS) is 1. The molecule has 0 bridgehead atoms. The molecular formula is C10H16O2. The maximum atomic E-state index is 11.0. The van der Waals surface area contributed by atoms with Crippen molar-refractivity contribution in [3.8, 4) is 0 Å². The third-order valence-electron chi connectivity index (χ3n) is 4.02. The molecule has 0 radical (unpaired) electrons.